The van der Waals surface area contributed by atoms with Crippen molar-refractivity contribution in [3.8, 4) is 0 Å². The van der Waals surface area contributed by atoms with E-state index in [9.17, 15) is 0 Å². The highest BCUT2D eigenvalue weighted by Crippen LogP contribution is 2.75. The summed E-state index contributed by atoms with van der Waals surface area (Å²) >= 11 is 0. The monoisotopic (exact) mass is 425 g/mol. The van der Waals surface area contributed by atoms with Gasteiger partial charge in [0.15, 0.2) is 0 Å². The Morgan fingerprint density at radius 1 is 0.444 bits per heavy atom. The van der Waals surface area contributed by atoms with Crippen LogP contribution in [0.3, 0.4) is 0 Å². The van der Waals surface area contributed by atoms with E-state index in [-0.39, 0.29) is 0 Å². The van der Waals surface area contributed by atoms with Crippen LogP contribution in [0.2, 0.25) is 0 Å². The highest BCUT2D eigenvalue weighted by Gasteiger charge is 2.66. The maximum Gasteiger partial charge on any atom is 0.344 e. The predicted octanol–water partition coefficient (Wildman–Crippen LogP) is 3.64. The molecule has 27 heavy (non-hydrogen) atoms. The number of hydrogen-bond donors (Lipinski definition) is 1. The van der Waals surface area contributed by atoms with E-state index in [1.54, 1.807) is 0 Å². The zero-order valence-electron chi connectivity index (χ0n) is 20.3. The lowest BCUT2D eigenvalue weighted by Crippen LogP contribution is -2.55. The molecule has 0 spiro atoms. The zero-order valence-corrected chi connectivity index (χ0v) is 22.1. The van der Waals surface area contributed by atoms with Gasteiger partial charge < -0.3 is 0 Å². The van der Waals surface area contributed by atoms with Gasteiger partial charge in [-0.2, -0.15) is 0 Å². The second-order valence-electron chi connectivity index (χ2n) is 7.20. The number of hydrogen-bond acceptors (Lipinski definition) is 7. The molecule has 0 aliphatic heterocycles. The van der Waals surface area contributed by atoms with Gasteiger partial charge in [0.2, 0.25) is 0 Å². The summed E-state index contributed by atoms with van der Waals surface area (Å²) in [4.78, 5) is 4.36. The van der Waals surface area contributed by atoms with Gasteiger partial charge in [-0.05, 0) is 41.5 Å². The molecule has 0 unspecified atom stereocenters. The van der Waals surface area contributed by atoms with E-state index in [0.29, 0.717) is 0 Å². The van der Waals surface area contributed by atoms with E-state index in [1.807, 2.05) is 0 Å². The minimum atomic E-state index is -1.94. The van der Waals surface area contributed by atoms with Crippen molar-refractivity contribution >= 4 is 15.7 Å². The highest BCUT2D eigenvalue weighted by molar-refractivity contribution is 7.82. The van der Waals surface area contributed by atoms with Crippen LogP contribution in [0.5, 0.6) is 0 Å². The van der Waals surface area contributed by atoms with Crippen molar-refractivity contribution < 1.29 is 0 Å². The van der Waals surface area contributed by atoms with Crippen LogP contribution in [-0.4, -0.2) is 110 Å². The molecule has 1 N–H and O–H groups in total. The van der Waals surface area contributed by atoms with Gasteiger partial charge in [-0.3, -0.25) is 0 Å². The third-order valence-electron chi connectivity index (χ3n) is 5.32. The number of nitrogens with zero attached hydrogens (tertiary/aromatic N) is 6. The molecule has 0 saturated heterocycles. The lowest BCUT2D eigenvalue weighted by molar-refractivity contribution is 0.320. The Bertz CT molecular complexity index is 342. The highest BCUT2D eigenvalue weighted by atomic mass is 31.3. The lowest BCUT2D eigenvalue weighted by Gasteiger charge is -2.49. The van der Waals surface area contributed by atoms with Crippen LogP contribution in [0, 0.1) is 0 Å². The lowest BCUT2D eigenvalue weighted by atomic mass is 10.7. The van der Waals surface area contributed by atoms with Crippen LogP contribution in [0.15, 0.2) is 0 Å². The average molecular weight is 426 g/mol. The molecule has 0 heterocycles. The molecule has 0 bridgehead atoms. The molecule has 7 nitrogen and oxygen atoms in total. The normalized spacial score (nSPS) is 14.0. The van der Waals surface area contributed by atoms with E-state index in [0.717, 1.165) is 39.3 Å². The van der Waals surface area contributed by atoms with E-state index in [4.69, 9.17) is 0 Å². The summed E-state index contributed by atoms with van der Waals surface area (Å²) in [7, 11) is 9.43. The number of rotatable bonds is 14. The maximum absolute atomic E-state index is 4.36. The van der Waals surface area contributed by atoms with Gasteiger partial charge in [-0.1, -0.05) is 0 Å². The fourth-order valence-electron chi connectivity index (χ4n) is 4.10. The van der Waals surface area contributed by atoms with Crippen molar-refractivity contribution in [2.45, 2.75) is 41.5 Å². The summed E-state index contributed by atoms with van der Waals surface area (Å²) in [6.45, 7) is 20.0. The summed E-state index contributed by atoms with van der Waals surface area (Å²) in [6, 6.07) is 0. The Kier molecular flexibility index (Phi) is 12.6. The van der Waals surface area contributed by atoms with Crippen LogP contribution in [-0.2, 0) is 0 Å². The molecule has 0 aromatic rings. The quantitative estimate of drug-likeness (QED) is 0.425. The van der Waals surface area contributed by atoms with E-state index < -0.39 is 15.7 Å². The standard InChI is InChI=1S/C18H49N7P2/c1-13-23(14-2)27(24(15-3)16-4,25(17-5)18-6)19-26(20(7)8,21(9)10)22(11)12/h19H,13-18H2,1-12H3/q+2. The first-order chi connectivity index (χ1) is 12.6. The average Bonchev–Trinajstić information content (AvgIpc) is 2.61. The molecular weight excluding hydrogens is 376 g/mol. The van der Waals surface area contributed by atoms with Crippen molar-refractivity contribution in [1.82, 2.24) is 32.9 Å². The molecule has 0 fully saturated rings. The van der Waals surface area contributed by atoms with Crippen molar-refractivity contribution in [3.05, 3.63) is 0 Å². The molecule has 0 aromatic carbocycles. The first kappa shape index (κ1) is 27.6. The third-order valence-corrected chi connectivity index (χ3v) is 14.9. The van der Waals surface area contributed by atoms with E-state index in [2.05, 4.69) is 117 Å². The second kappa shape index (κ2) is 12.3. The predicted molar refractivity (Wildman–Crippen MR) is 127 cm³/mol. The van der Waals surface area contributed by atoms with E-state index in [1.165, 1.54) is 0 Å². The van der Waals surface area contributed by atoms with Gasteiger partial charge in [0.1, 0.15) is 0 Å². The maximum atomic E-state index is 4.36. The van der Waals surface area contributed by atoms with Gasteiger partial charge >= 0.3 is 15.7 Å². The van der Waals surface area contributed by atoms with Crippen LogP contribution >= 0.6 is 15.7 Å². The minimum absolute atomic E-state index is 1.04. The van der Waals surface area contributed by atoms with Crippen molar-refractivity contribution in [3.63, 3.8) is 0 Å². The van der Waals surface area contributed by atoms with Crippen LogP contribution < -0.4 is 4.86 Å². The van der Waals surface area contributed by atoms with Crippen molar-refractivity contribution in [2.24, 2.45) is 0 Å². The van der Waals surface area contributed by atoms with Crippen LogP contribution in [0.1, 0.15) is 41.5 Å². The topological polar surface area (TPSA) is 31.5 Å². The molecule has 164 valence electrons. The van der Waals surface area contributed by atoms with Gasteiger partial charge in [0, 0.05) is 86.4 Å². The SMILES string of the molecule is CCN(CC)[P+](N[P+](N(C)C)(N(C)C)N(C)C)(N(CC)CC)N(CC)CC. The Balaban J connectivity index is 6.84. The molecular formula is C18H49N7P2+2. The molecule has 0 radical (unpaired) electrons. The van der Waals surface area contributed by atoms with Gasteiger partial charge in [0.05, 0.1) is 0 Å². The van der Waals surface area contributed by atoms with Gasteiger partial charge in [-0.25, -0.2) is 0 Å². The van der Waals surface area contributed by atoms with E-state index >= 15 is 0 Å². The number of nitrogens with one attached hydrogen (secondary N) is 1. The minimum Gasteiger partial charge on any atom is -0.137 e. The molecule has 0 rings (SSSR count). The summed E-state index contributed by atoms with van der Waals surface area (Å²) in [5.41, 5.74) is 0. The molecule has 9 heteroatoms. The smallest absolute Gasteiger partial charge is 0.137 e. The fourth-order valence-corrected chi connectivity index (χ4v) is 14.8. The summed E-state index contributed by atoms with van der Waals surface area (Å²) in [5, 5.41) is 0. The zero-order chi connectivity index (χ0) is 21.4. The summed E-state index contributed by atoms with van der Waals surface area (Å²) < 4.78 is 15.3. The third kappa shape index (κ3) is 5.39. The molecule has 0 atom stereocenters. The summed E-state index contributed by atoms with van der Waals surface area (Å²) in [5.74, 6) is 0. The van der Waals surface area contributed by atoms with Crippen LogP contribution in [0.25, 0.3) is 0 Å². The molecule has 0 saturated carbocycles. The largest absolute Gasteiger partial charge is 0.344 e. The first-order valence-electron chi connectivity index (χ1n) is 10.5. The molecule has 0 aromatic heterocycles. The first-order valence-corrected chi connectivity index (χ1v) is 13.8. The Hall–Kier alpha value is 0.580. The second-order valence-corrected chi connectivity index (χ2v) is 14.4. The Labute approximate surface area is 172 Å². The summed E-state index contributed by atoms with van der Waals surface area (Å²) in [6.07, 6.45) is 0. The molecule has 0 aliphatic carbocycles. The molecule has 0 amide bonds. The van der Waals surface area contributed by atoms with Gasteiger partial charge in [-0.15, -0.1) is 28.0 Å². The van der Waals surface area contributed by atoms with Crippen molar-refractivity contribution in [1.29, 1.82) is 0 Å². The van der Waals surface area contributed by atoms with Gasteiger partial charge in [0.25, 0.3) is 0 Å². The Morgan fingerprint density at radius 3 is 0.815 bits per heavy atom. The Morgan fingerprint density at radius 2 is 0.667 bits per heavy atom. The van der Waals surface area contributed by atoms with Crippen molar-refractivity contribution in [2.75, 3.05) is 81.6 Å². The fraction of sp³-hybridized carbons (Fsp3) is 1.00. The molecule has 0 aliphatic rings. The van der Waals surface area contributed by atoms with Crippen LogP contribution in [0.4, 0.5) is 0 Å².